The maximum Gasteiger partial charge on any atom is 0.416 e. The third kappa shape index (κ3) is 3.90. The Kier molecular flexibility index (Phi) is 4.81. The Balaban J connectivity index is 2.36. The molecule has 0 spiro atoms. The van der Waals surface area contributed by atoms with Crippen molar-refractivity contribution < 1.29 is 17.9 Å². The van der Waals surface area contributed by atoms with Gasteiger partial charge in [-0.2, -0.15) is 13.2 Å². The molecule has 0 heterocycles. The van der Waals surface area contributed by atoms with E-state index in [0.29, 0.717) is 10.8 Å². The highest BCUT2D eigenvalue weighted by Gasteiger charge is 2.31. The molecule has 2 aromatic rings. The molecule has 0 bridgehead atoms. The molecular formula is C14H10BrClF3NO. The van der Waals surface area contributed by atoms with Crippen LogP contribution >= 0.6 is 27.5 Å². The van der Waals surface area contributed by atoms with Gasteiger partial charge in [-0.3, -0.25) is 0 Å². The first-order chi connectivity index (χ1) is 9.81. The third-order valence-corrected chi connectivity index (χ3v) is 3.51. The van der Waals surface area contributed by atoms with Gasteiger partial charge in [0, 0.05) is 16.6 Å². The summed E-state index contributed by atoms with van der Waals surface area (Å²) in [5, 5.41) is 0.340. The zero-order valence-corrected chi connectivity index (χ0v) is 12.9. The molecular weight excluding hydrogens is 371 g/mol. The van der Waals surface area contributed by atoms with E-state index in [1.807, 2.05) is 0 Å². The summed E-state index contributed by atoms with van der Waals surface area (Å²) in [5.41, 5.74) is 4.98. The Labute approximate surface area is 132 Å². The molecule has 0 aromatic heterocycles. The van der Waals surface area contributed by atoms with Crippen LogP contribution in [-0.2, 0) is 12.7 Å². The molecule has 0 saturated heterocycles. The molecule has 0 aliphatic heterocycles. The third-order valence-electron chi connectivity index (χ3n) is 2.72. The number of halogens is 5. The van der Waals surface area contributed by atoms with E-state index in [0.717, 1.165) is 16.6 Å². The number of benzene rings is 2. The maximum atomic E-state index is 12.7. The van der Waals surface area contributed by atoms with Gasteiger partial charge in [-0.05, 0) is 36.4 Å². The van der Waals surface area contributed by atoms with Crippen LogP contribution in [0.3, 0.4) is 0 Å². The average Bonchev–Trinajstić information content (AvgIpc) is 2.41. The molecule has 2 N–H and O–H groups in total. The molecule has 0 aliphatic carbocycles. The van der Waals surface area contributed by atoms with Gasteiger partial charge in [0.15, 0.2) is 0 Å². The minimum atomic E-state index is -4.42. The number of rotatable bonds is 3. The Bertz CT molecular complexity index is 661. The highest BCUT2D eigenvalue weighted by atomic mass is 79.9. The van der Waals surface area contributed by atoms with Crippen LogP contribution < -0.4 is 10.5 Å². The van der Waals surface area contributed by atoms with Crippen LogP contribution in [0.25, 0.3) is 0 Å². The van der Waals surface area contributed by atoms with Crippen molar-refractivity contribution in [3.05, 3.63) is 57.0 Å². The molecule has 2 rings (SSSR count). The van der Waals surface area contributed by atoms with Crippen molar-refractivity contribution in [2.75, 3.05) is 0 Å². The molecule has 0 aliphatic rings. The normalized spacial score (nSPS) is 11.5. The molecule has 0 radical (unpaired) electrons. The Morgan fingerprint density at radius 1 is 1.10 bits per heavy atom. The molecule has 112 valence electrons. The summed E-state index contributed by atoms with van der Waals surface area (Å²) in [7, 11) is 0. The topological polar surface area (TPSA) is 35.2 Å². The maximum absolute atomic E-state index is 12.7. The van der Waals surface area contributed by atoms with E-state index in [4.69, 9.17) is 22.1 Å². The lowest BCUT2D eigenvalue weighted by Crippen LogP contribution is -2.08. The van der Waals surface area contributed by atoms with Crippen molar-refractivity contribution in [1.82, 2.24) is 0 Å². The van der Waals surface area contributed by atoms with Crippen molar-refractivity contribution in [1.29, 1.82) is 0 Å². The van der Waals surface area contributed by atoms with E-state index in [1.54, 1.807) is 18.2 Å². The van der Waals surface area contributed by atoms with Crippen molar-refractivity contribution in [2.45, 2.75) is 12.7 Å². The summed E-state index contributed by atoms with van der Waals surface area (Å²) in [5.74, 6) is 0.587. The van der Waals surface area contributed by atoms with Gasteiger partial charge in [0.1, 0.15) is 11.5 Å². The van der Waals surface area contributed by atoms with Gasteiger partial charge in [-0.1, -0.05) is 27.5 Å². The highest BCUT2D eigenvalue weighted by Crippen LogP contribution is 2.36. The van der Waals surface area contributed by atoms with E-state index in [9.17, 15) is 13.2 Å². The van der Waals surface area contributed by atoms with Gasteiger partial charge >= 0.3 is 6.18 Å². The molecule has 0 fully saturated rings. The van der Waals surface area contributed by atoms with Gasteiger partial charge in [0.25, 0.3) is 0 Å². The van der Waals surface area contributed by atoms with Gasteiger partial charge in [0.05, 0.1) is 10.6 Å². The van der Waals surface area contributed by atoms with E-state index < -0.39 is 11.7 Å². The second kappa shape index (κ2) is 6.25. The lowest BCUT2D eigenvalue weighted by atomic mass is 10.1. The van der Waals surface area contributed by atoms with E-state index in [-0.39, 0.29) is 17.9 Å². The first-order valence-electron chi connectivity index (χ1n) is 5.84. The summed E-state index contributed by atoms with van der Waals surface area (Å²) in [4.78, 5) is 0. The Hall–Kier alpha value is -1.24. The fraction of sp³-hybridized carbons (Fsp3) is 0.143. The SMILES string of the molecule is NCc1cc(C(F)(F)F)ccc1Oc1ccc(Br)cc1Cl. The zero-order valence-electron chi connectivity index (χ0n) is 10.5. The molecule has 2 aromatic carbocycles. The molecule has 0 amide bonds. The summed E-state index contributed by atoms with van der Waals surface area (Å²) in [6.07, 6.45) is -4.42. The average molecular weight is 381 g/mol. The predicted octanol–water partition coefficient (Wildman–Crippen LogP) is 5.37. The van der Waals surface area contributed by atoms with Crippen LogP contribution in [-0.4, -0.2) is 0 Å². The second-order valence-electron chi connectivity index (χ2n) is 4.20. The predicted molar refractivity (Wildman–Crippen MR) is 78.6 cm³/mol. The van der Waals surface area contributed by atoms with Gasteiger partial charge in [0.2, 0.25) is 0 Å². The van der Waals surface area contributed by atoms with Gasteiger partial charge < -0.3 is 10.5 Å². The quantitative estimate of drug-likeness (QED) is 0.777. The molecule has 7 heteroatoms. The van der Waals surface area contributed by atoms with Gasteiger partial charge in [-0.15, -0.1) is 0 Å². The highest BCUT2D eigenvalue weighted by molar-refractivity contribution is 9.10. The summed E-state index contributed by atoms with van der Waals surface area (Å²) >= 11 is 9.27. The van der Waals surface area contributed by atoms with Gasteiger partial charge in [-0.25, -0.2) is 0 Å². The number of hydrogen-bond acceptors (Lipinski definition) is 2. The molecule has 0 atom stereocenters. The Morgan fingerprint density at radius 2 is 1.76 bits per heavy atom. The van der Waals surface area contributed by atoms with Crippen LogP contribution in [0.2, 0.25) is 5.02 Å². The van der Waals surface area contributed by atoms with E-state index in [2.05, 4.69) is 15.9 Å². The minimum absolute atomic E-state index is 0.0760. The molecule has 21 heavy (non-hydrogen) atoms. The summed E-state index contributed by atoms with van der Waals surface area (Å²) in [6, 6.07) is 8.12. The van der Waals surface area contributed by atoms with Crippen molar-refractivity contribution in [3.63, 3.8) is 0 Å². The van der Waals surface area contributed by atoms with Crippen LogP contribution in [0, 0.1) is 0 Å². The Morgan fingerprint density at radius 3 is 2.33 bits per heavy atom. The number of hydrogen-bond donors (Lipinski definition) is 1. The first kappa shape index (κ1) is 16.1. The molecule has 2 nitrogen and oxygen atoms in total. The number of nitrogens with two attached hydrogens (primary N) is 1. The van der Waals surface area contributed by atoms with Crippen LogP contribution in [0.1, 0.15) is 11.1 Å². The standard InChI is InChI=1S/C14H10BrClF3NO/c15-10-2-4-13(11(16)6-10)21-12-3-1-9(14(17,18)19)5-8(12)7-20/h1-6H,7,20H2. The van der Waals surface area contributed by atoms with Crippen LogP contribution in [0.4, 0.5) is 13.2 Å². The molecule has 0 saturated carbocycles. The fourth-order valence-electron chi connectivity index (χ4n) is 1.69. The van der Waals surface area contributed by atoms with Crippen LogP contribution in [0.5, 0.6) is 11.5 Å². The number of alkyl halides is 3. The van der Waals surface area contributed by atoms with E-state index >= 15 is 0 Å². The van der Waals surface area contributed by atoms with Crippen molar-refractivity contribution in [2.24, 2.45) is 5.73 Å². The van der Waals surface area contributed by atoms with Crippen LogP contribution in [0.15, 0.2) is 40.9 Å². The summed E-state index contributed by atoms with van der Waals surface area (Å²) < 4.78 is 44.3. The summed E-state index contributed by atoms with van der Waals surface area (Å²) in [6.45, 7) is -0.0760. The fourth-order valence-corrected chi connectivity index (χ4v) is 2.40. The lowest BCUT2D eigenvalue weighted by molar-refractivity contribution is -0.137. The monoisotopic (exact) mass is 379 g/mol. The largest absolute Gasteiger partial charge is 0.455 e. The smallest absolute Gasteiger partial charge is 0.416 e. The first-order valence-corrected chi connectivity index (χ1v) is 7.01. The minimum Gasteiger partial charge on any atom is -0.455 e. The second-order valence-corrected chi connectivity index (χ2v) is 5.52. The number of ether oxygens (including phenoxy) is 1. The molecule has 0 unspecified atom stereocenters. The zero-order chi connectivity index (χ0) is 15.6. The van der Waals surface area contributed by atoms with Crippen molar-refractivity contribution in [3.8, 4) is 11.5 Å². The lowest BCUT2D eigenvalue weighted by Gasteiger charge is -2.14. The van der Waals surface area contributed by atoms with E-state index in [1.165, 1.54) is 6.07 Å². The van der Waals surface area contributed by atoms with Crippen molar-refractivity contribution >= 4 is 27.5 Å².